The number of hydrogen-bond donors (Lipinski definition) is 1. The van der Waals surface area contributed by atoms with Crippen molar-refractivity contribution in [1.29, 1.82) is 0 Å². The standard InChI is InChI=1S/C41H44F2N4O7S/c1-27-34(45-40(48)33-22-28-10-6-7-11-35(28)44-39(33)46-20-9-18-41(42,43)19-21-46)12-8-13-38(27)55(49,50)47(25-29-14-16-31(51-2)23-36(29)53-4)26-30-15-17-32(52-3)24-37(30)54-5/h6-8,10-17,22-24H,9,18-21,25-26H2,1-5H3,(H,45,48). The van der Waals surface area contributed by atoms with E-state index in [-0.39, 0.29) is 55.0 Å². The van der Waals surface area contributed by atoms with Crippen LogP contribution in [0.3, 0.4) is 0 Å². The van der Waals surface area contributed by atoms with Gasteiger partial charge < -0.3 is 29.2 Å². The highest BCUT2D eigenvalue weighted by atomic mass is 32.2. The highest BCUT2D eigenvalue weighted by molar-refractivity contribution is 7.89. The van der Waals surface area contributed by atoms with Gasteiger partial charge in [0.2, 0.25) is 15.9 Å². The van der Waals surface area contributed by atoms with Crippen LogP contribution in [-0.4, -0.2) is 71.1 Å². The molecule has 1 aromatic heterocycles. The van der Waals surface area contributed by atoms with Gasteiger partial charge in [0.1, 0.15) is 28.8 Å². The van der Waals surface area contributed by atoms with Crippen LogP contribution in [0, 0.1) is 6.92 Å². The number of benzene rings is 4. The molecule has 0 radical (unpaired) electrons. The lowest BCUT2D eigenvalue weighted by atomic mass is 10.1. The Hall–Kier alpha value is -5.47. The fourth-order valence-electron chi connectivity index (χ4n) is 6.72. The predicted molar refractivity (Wildman–Crippen MR) is 207 cm³/mol. The molecule has 55 heavy (non-hydrogen) atoms. The fourth-order valence-corrected chi connectivity index (χ4v) is 8.36. The van der Waals surface area contributed by atoms with Gasteiger partial charge in [0.25, 0.3) is 5.91 Å². The van der Waals surface area contributed by atoms with Gasteiger partial charge in [-0.25, -0.2) is 22.2 Å². The second kappa shape index (κ2) is 16.5. The summed E-state index contributed by atoms with van der Waals surface area (Å²) in [5.74, 6) is -1.09. The summed E-state index contributed by atoms with van der Waals surface area (Å²) in [4.78, 5) is 20.6. The van der Waals surface area contributed by atoms with Crippen molar-refractivity contribution >= 4 is 38.3 Å². The van der Waals surface area contributed by atoms with Gasteiger partial charge in [-0.1, -0.05) is 36.4 Å². The highest BCUT2D eigenvalue weighted by Crippen LogP contribution is 2.35. The molecule has 0 atom stereocenters. The van der Waals surface area contributed by atoms with E-state index in [9.17, 15) is 22.0 Å². The summed E-state index contributed by atoms with van der Waals surface area (Å²) in [7, 11) is 1.77. The van der Waals surface area contributed by atoms with E-state index in [0.29, 0.717) is 63.0 Å². The molecule has 0 unspecified atom stereocenters. The van der Waals surface area contributed by atoms with E-state index in [4.69, 9.17) is 23.9 Å². The molecule has 5 aromatic rings. The van der Waals surface area contributed by atoms with Crippen molar-refractivity contribution in [3.8, 4) is 23.0 Å². The first kappa shape index (κ1) is 39.2. The molecular weight excluding hydrogens is 731 g/mol. The Balaban J connectivity index is 1.38. The summed E-state index contributed by atoms with van der Waals surface area (Å²) in [6.07, 6.45) is -0.363. The third-order valence-electron chi connectivity index (χ3n) is 9.80. The quantitative estimate of drug-likeness (QED) is 0.128. The maximum Gasteiger partial charge on any atom is 0.259 e. The van der Waals surface area contributed by atoms with Crippen molar-refractivity contribution in [2.75, 3.05) is 51.7 Å². The first-order valence-corrected chi connectivity index (χ1v) is 19.2. The Morgan fingerprint density at radius 1 is 0.818 bits per heavy atom. The van der Waals surface area contributed by atoms with Gasteiger partial charge in [-0.2, -0.15) is 4.31 Å². The third kappa shape index (κ3) is 8.60. The lowest BCUT2D eigenvalue weighted by Gasteiger charge is -2.26. The van der Waals surface area contributed by atoms with E-state index >= 15 is 0 Å². The van der Waals surface area contributed by atoms with Crippen LogP contribution >= 0.6 is 0 Å². The number of aromatic nitrogens is 1. The summed E-state index contributed by atoms with van der Waals surface area (Å²) >= 11 is 0. The van der Waals surface area contributed by atoms with Crippen LogP contribution in [0.4, 0.5) is 20.3 Å². The number of ether oxygens (including phenoxy) is 4. The number of halogens is 2. The number of amides is 1. The van der Waals surface area contributed by atoms with Gasteiger partial charge in [-0.15, -0.1) is 0 Å². The molecule has 0 bridgehead atoms. The molecule has 0 saturated carbocycles. The normalized spacial score (nSPS) is 14.4. The number of carbonyl (C=O) groups is 1. The zero-order chi connectivity index (χ0) is 39.3. The maximum atomic E-state index is 14.8. The second-order valence-corrected chi connectivity index (χ2v) is 15.2. The smallest absolute Gasteiger partial charge is 0.259 e. The monoisotopic (exact) mass is 774 g/mol. The van der Waals surface area contributed by atoms with Crippen LogP contribution in [0.25, 0.3) is 10.9 Å². The Morgan fingerprint density at radius 3 is 2.07 bits per heavy atom. The van der Waals surface area contributed by atoms with Crippen LogP contribution in [-0.2, 0) is 23.1 Å². The summed E-state index contributed by atoms with van der Waals surface area (Å²) in [5, 5.41) is 3.61. The number of pyridine rings is 1. The van der Waals surface area contributed by atoms with Crippen LogP contribution < -0.4 is 29.2 Å². The topological polar surface area (TPSA) is 120 Å². The molecule has 0 aliphatic carbocycles. The number of anilines is 2. The lowest BCUT2D eigenvalue weighted by Crippen LogP contribution is -2.31. The van der Waals surface area contributed by atoms with Gasteiger partial charge in [0.15, 0.2) is 0 Å². The van der Waals surface area contributed by atoms with Crippen molar-refractivity contribution in [3.63, 3.8) is 0 Å². The number of sulfonamides is 1. The molecule has 11 nitrogen and oxygen atoms in total. The summed E-state index contributed by atoms with van der Waals surface area (Å²) in [5.41, 5.74) is 2.55. The molecule has 2 heterocycles. The van der Waals surface area contributed by atoms with Gasteiger partial charge in [0, 0.05) is 73.4 Å². The molecule has 1 saturated heterocycles. The molecule has 1 N–H and O–H groups in total. The van der Waals surface area contributed by atoms with Crippen molar-refractivity contribution in [3.05, 3.63) is 107 Å². The number of para-hydroxylation sites is 1. The molecule has 6 rings (SSSR count). The van der Waals surface area contributed by atoms with Gasteiger partial charge in [-0.3, -0.25) is 4.79 Å². The number of alkyl halides is 2. The van der Waals surface area contributed by atoms with Gasteiger partial charge >= 0.3 is 0 Å². The number of methoxy groups -OCH3 is 4. The van der Waals surface area contributed by atoms with Crippen LogP contribution in [0.1, 0.15) is 46.3 Å². The molecule has 1 aliphatic heterocycles. The van der Waals surface area contributed by atoms with E-state index in [2.05, 4.69) is 5.32 Å². The minimum absolute atomic E-state index is 0.0270. The predicted octanol–water partition coefficient (Wildman–Crippen LogP) is 7.85. The first-order valence-electron chi connectivity index (χ1n) is 17.7. The molecular formula is C41H44F2N4O7S. The van der Waals surface area contributed by atoms with Crippen molar-refractivity contribution in [1.82, 2.24) is 9.29 Å². The maximum absolute atomic E-state index is 14.8. The van der Waals surface area contributed by atoms with E-state index in [1.54, 1.807) is 72.5 Å². The average Bonchev–Trinajstić information content (AvgIpc) is 3.37. The molecule has 290 valence electrons. The van der Waals surface area contributed by atoms with E-state index in [1.807, 2.05) is 18.2 Å². The van der Waals surface area contributed by atoms with Crippen LogP contribution in [0.5, 0.6) is 23.0 Å². The Morgan fingerprint density at radius 2 is 1.45 bits per heavy atom. The fraction of sp³-hybridized carbons (Fsp3) is 0.317. The third-order valence-corrected chi connectivity index (χ3v) is 11.7. The average molecular weight is 775 g/mol. The Labute approximate surface area is 319 Å². The molecule has 14 heteroatoms. The van der Waals surface area contributed by atoms with Crippen LogP contribution in [0.2, 0.25) is 0 Å². The molecule has 1 amide bonds. The summed E-state index contributed by atoms with van der Waals surface area (Å²) in [6, 6.07) is 24.0. The van der Waals surface area contributed by atoms with Crippen LogP contribution in [0.15, 0.2) is 89.8 Å². The minimum Gasteiger partial charge on any atom is -0.497 e. The summed E-state index contributed by atoms with van der Waals surface area (Å²) in [6.45, 7) is 1.80. The van der Waals surface area contributed by atoms with Crippen molar-refractivity contribution < 1.29 is 40.9 Å². The first-order chi connectivity index (χ1) is 26.4. The largest absolute Gasteiger partial charge is 0.497 e. The Kier molecular flexibility index (Phi) is 11.8. The molecule has 1 fully saturated rings. The Bertz CT molecular complexity index is 2250. The SMILES string of the molecule is COc1ccc(CN(Cc2ccc(OC)cc2OC)S(=O)(=O)c2cccc(NC(=O)c3cc4ccccc4nc3N3CCCC(F)(F)CC3)c2C)c(OC)c1. The number of hydrogen-bond acceptors (Lipinski definition) is 9. The van der Waals surface area contributed by atoms with E-state index < -0.39 is 21.9 Å². The highest BCUT2D eigenvalue weighted by Gasteiger charge is 2.34. The molecule has 4 aromatic carbocycles. The number of nitrogens with one attached hydrogen (secondary N) is 1. The number of nitrogens with zero attached hydrogens (tertiary/aromatic N) is 3. The second-order valence-electron chi connectivity index (χ2n) is 13.3. The number of fused-ring (bicyclic) bond motifs is 1. The molecule has 1 aliphatic rings. The number of rotatable bonds is 13. The zero-order valence-corrected chi connectivity index (χ0v) is 32.2. The lowest BCUT2D eigenvalue weighted by molar-refractivity contribution is -0.0102. The van der Waals surface area contributed by atoms with E-state index in [0.717, 1.165) is 0 Å². The number of carbonyl (C=O) groups excluding carboxylic acids is 1. The van der Waals surface area contributed by atoms with Gasteiger partial charge in [-0.05, 0) is 55.3 Å². The van der Waals surface area contributed by atoms with Gasteiger partial charge in [0.05, 0.1) is 44.4 Å². The summed E-state index contributed by atoms with van der Waals surface area (Å²) < 4.78 is 81.6. The zero-order valence-electron chi connectivity index (χ0n) is 31.4. The minimum atomic E-state index is -4.28. The van der Waals surface area contributed by atoms with Crippen molar-refractivity contribution in [2.45, 2.75) is 50.1 Å². The van der Waals surface area contributed by atoms with E-state index in [1.165, 1.54) is 38.8 Å². The van der Waals surface area contributed by atoms with Crippen molar-refractivity contribution in [2.24, 2.45) is 0 Å². The molecule has 0 spiro atoms.